The Morgan fingerprint density at radius 2 is 1.84 bits per heavy atom. The molecule has 1 atom stereocenters. The Hall–Kier alpha value is -1.56. The maximum absolute atomic E-state index is 13.1. The van der Waals surface area contributed by atoms with Gasteiger partial charge in [-0.3, -0.25) is 4.90 Å². The van der Waals surface area contributed by atoms with E-state index in [1.54, 1.807) is 0 Å². The van der Waals surface area contributed by atoms with Crippen LogP contribution in [0.25, 0.3) is 0 Å². The number of rotatable bonds is 3. The quantitative estimate of drug-likeness (QED) is 0.836. The van der Waals surface area contributed by atoms with Crippen molar-refractivity contribution in [3.63, 3.8) is 0 Å². The van der Waals surface area contributed by atoms with E-state index >= 15 is 0 Å². The van der Waals surface area contributed by atoms with E-state index in [0.29, 0.717) is 25.9 Å². The predicted molar refractivity (Wildman–Crippen MR) is 91.3 cm³/mol. The first-order chi connectivity index (χ1) is 11.8. The molecule has 0 aromatic heterocycles. The molecule has 0 amide bonds. The number of halogens is 4. The van der Waals surface area contributed by atoms with Gasteiger partial charge in [0.05, 0.1) is 10.6 Å². The minimum Gasteiger partial charge on any atom is -0.384 e. The van der Waals surface area contributed by atoms with Gasteiger partial charge in [-0.2, -0.15) is 13.2 Å². The molecule has 2 aromatic carbocycles. The van der Waals surface area contributed by atoms with E-state index in [2.05, 4.69) is 4.90 Å². The number of alkyl halides is 3. The summed E-state index contributed by atoms with van der Waals surface area (Å²) in [5.74, 6) is 0. The molecule has 1 N–H and O–H groups in total. The highest BCUT2D eigenvalue weighted by atomic mass is 35.5. The van der Waals surface area contributed by atoms with Crippen LogP contribution in [0.5, 0.6) is 0 Å². The number of hydrogen-bond acceptors (Lipinski definition) is 2. The molecule has 1 fully saturated rings. The monoisotopic (exact) mass is 369 g/mol. The molecule has 0 bridgehead atoms. The topological polar surface area (TPSA) is 23.5 Å². The second kappa shape index (κ2) is 6.98. The number of β-amino-alcohol motifs (C(OH)–C–C–N with tert-alkyl or cyclic N) is 1. The van der Waals surface area contributed by atoms with Crippen molar-refractivity contribution in [3.8, 4) is 0 Å². The summed E-state index contributed by atoms with van der Waals surface area (Å²) in [6.45, 7) is 1.75. The van der Waals surface area contributed by atoms with Crippen molar-refractivity contribution in [2.75, 3.05) is 13.1 Å². The Labute approximate surface area is 149 Å². The number of likely N-dealkylation sites (tertiary alicyclic amines) is 1. The van der Waals surface area contributed by atoms with Crippen molar-refractivity contribution in [1.29, 1.82) is 0 Å². The van der Waals surface area contributed by atoms with Gasteiger partial charge in [0.1, 0.15) is 5.60 Å². The van der Waals surface area contributed by atoms with E-state index < -0.39 is 17.3 Å². The van der Waals surface area contributed by atoms with E-state index in [-0.39, 0.29) is 10.6 Å². The second-order valence-corrected chi connectivity index (χ2v) is 6.93. The van der Waals surface area contributed by atoms with Crippen LogP contribution in [0, 0.1) is 0 Å². The lowest BCUT2D eigenvalue weighted by molar-refractivity contribution is -0.137. The number of aliphatic hydroxyl groups is 1. The molecule has 1 aliphatic rings. The van der Waals surface area contributed by atoms with Gasteiger partial charge in [0, 0.05) is 13.1 Å². The highest BCUT2D eigenvalue weighted by molar-refractivity contribution is 6.31. The molecule has 0 aliphatic carbocycles. The maximum Gasteiger partial charge on any atom is 0.417 e. The number of nitrogens with zero attached hydrogens (tertiary/aromatic N) is 1. The zero-order valence-corrected chi connectivity index (χ0v) is 14.3. The molecule has 2 nitrogen and oxygen atoms in total. The molecule has 0 spiro atoms. The first-order valence-corrected chi connectivity index (χ1v) is 8.52. The summed E-state index contributed by atoms with van der Waals surface area (Å²) in [7, 11) is 0. The molecule has 1 heterocycles. The third-order valence-electron chi connectivity index (χ3n) is 4.61. The normalized spacial score (nSPS) is 22.1. The summed E-state index contributed by atoms with van der Waals surface area (Å²) in [5.41, 5.74) is -0.835. The average molecular weight is 370 g/mol. The van der Waals surface area contributed by atoms with Crippen LogP contribution >= 0.6 is 11.6 Å². The van der Waals surface area contributed by atoms with Crippen molar-refractivity contribution in [3.05, 3.63) is 70.2 Å². The fraction of sp³-hybridized carbons (Fsp3) is 0.368. The van der Waals surface area contributed by atoms with Crippen LogP contribution in [0.15, 0.2) is 48.5 Å². The van der Waals surface area contributed by atoms with Crippen LogP contribution in [0.1, 0.15) is 29.5 Å². The lowest BCUT2D eigenvalue weighted by Crippen LogP contribution is -2.45. The van der Waals surface area contributed by atoms with Gasteiger partial charge in [0.2, 0.25) is 0 Å². The Kier molecular flexibility index (Phi) is 5.09. The average Bonchev–Trinajstić information content (AvgIpc) is 2.55. The molecule has 0 saturated carbocycles. The third kappa shape index (κ3) is 4.17. The van der Waals surface area contributed by atoms with Crippen LogP contribution in [0.4, 0.5) is 13.2 Å². The maximum atomic E-state index is 13.1. The standard InChI is InChI=1S/C19H19ClF3NO/c20-17-8-7-15(11-16(17)19(21,22)23)18(25)9-4-10-24(13-18)12-14-5-2-1-3-6-14/h1-3,5-8,11,25H,4,9-10,12-13H2. The van der Waals surface area contributed by atoms with E-state index in [1.807, 2.05) is 30.3 Å². The summed E-state index contributed by atoms with van der Waals surface area (Å²) >= 11 is 5.69. The molecular formula is C19H19ClF3NO. The van der Waals surface area contributed by atoms with E-state index in [4.69, 9.17) is 11.6 Å². The molecule has 25 heavy (non-hydrogen) atoms. The van der Waals surface area contributed by atoms with Crippen LogP contribution in [-0.2, 0) is 18.3 Å². The van der Waals surface area contributed by atoms with Crippen molar-refractivity contribution >= 4 is 11.6 Å². The summed E-state index contributed by atoms with van der Waals surface area (Å²) < 4.78 is 39.3. The molecule has 6 heteroatoms. The van der Waals surface area contributed by atoms with Gasteiger partial charge in [-0.25, -0.2) is 0 Å². The first kappa shape index (κ1) is 18.2. The summed E-state index contributed by atoms with van der Waals surface area (Å²) in [5, 5.41) is 10.7. The van der Waals surface area contributed by atoms with Gasteiger partial charge in [-0.15, -0.1) is 0 Å². The second-order valence-electron chi connectivity index (χ2n) is 6.52. The third-order valence-corrected chi connectivity index (χ3v) is 4.94. The van der Waals surface area contributed by atoms with Crippen LogP contribution in [0.2, 0.25) is 5.02 Å². The number of piperidine rings is 1. The molecule has 1 unspecified atom stereocenters. The number of benzene rings is 2. The van der Waals surface area contributed by atoms with Gasteiger partial charge in [-0.1, -0.05) is 48.0 Å². The van der Waals surface area contributed by atoms with Gasteiger partial charge in [0.25, 0.3) is 0 Å². The molecule has 1 saturated heterocycles. The van der Waals surface area contributed by atoms with Crippen molar-refractivity contribution in [2.24, 2.45) is 0 Å². The Bertz CT molecular complexity index is 735. The van der Waals surface area contributed by atoms with E-state index in [9.17, 15) is 18.3 Å². The molecular weight excluding hydrogens is 351 g/mol. The molecule has 3 rings (SSSR count). The summed E-state index contributed by atoms with van der Waals surface area (Å²) in [6.07, 6.45) is -3.40. The zero-order chi connectivity index (χ0) is 18.1. The van der Waals surface area contributed by atoms with Gasteiger partial charge >= 0.3 is 6.18 Å². The lowest BCUT2D eigenvalue weighted by Gasteiger charge is -2.40. The summed E-state index contributed by atoms with van der Waals surface area (Å²) in [4.78, 5) is 2.07. The fourth-order valence-electron chi connectivity index (χ4n) is 3.37. The lowest BCUT2D eigenvalue weighted by atomic mass is 9.84. The summed E-state index contributed by atoms with van der Waals surface area (Å²) in [6, 6.07) is 13.5. The van der Waals surface area contributed by atoms with Gasteiger partial charge < -0.3 is 5.11 Å². The van der Waals surface area contributed by atoms with Crippen LogP contribution in [-0.4, -0.2) is 23.1 Å². The largest absolute Gasteiger partial charge is 0.417 e. The highest BCUT2D eigenvalue weighted by Crippen LogP contribution is 2.39. The minimum atomic E-state index is -4.54. The van der Waals surface area contributed by atoms with E-state index in [1.165, 1.54) is 12.1 Å². The number of hydrogen-bond donors (Lipinski definition) is 1. The predicted octanol–water partition coefficient (Wildman–Crippen LogP) is 4.84. The Balaban J connectivity index is 1.83. The fourth-order valence-corrected chi connectivity index (χ4v) is 3.59. The van der Waals surface area contributed by atoms with Crippen molar-refractivity contribution < 1.29 is 18.3 Å². The first-order valence-electron chi connectivity index (χ1n) is 8.14. The zero-order valence-electron chi connectivity index (χ0n) is 13.6. The van der Waals surface area contributed by atoms with E-state index in [0.717, 1.165) is 18.2 Å². The molecule has 0 radical (unpaired) electrons. The van der Waals surface area contributed by atoms with Crippen molar-refractivity contribution in [2.45, 2.75) is 31.2 Å². The van der Waals surface area contributed by atoms with Gasteiger partial charge in [-0.05, 0) is 42.6 Å². The SMILES string of the molecule is OC1(c2ccc(Cl)c(C(F)(F)F)c2)CCCN(Cc2ccccc2)C1. The smallest absolute Gasteiger partial charge is 0.384 e. The van der Waals surface area contributed by atoms with Crippen molar-refractivity contribution in [1.82, 2.24) is 4.90 Å². The molecule has 1 aliphatic heterocycles. The Morgan fingerprint density at radius 3 is 2.52 bits per heavy atom. The minimum absolute atomic E-state index is 0.266. The highest BCUT2D eigenvalue weighted by Gasteiger charge is 2.39. The Morgan fingerprint density at radius 1 is 1.12 bits per heavy atom. The van der Waals surface area contributed by atoms with Crippen LogP contribution < -0.4 is 0 Å². The molecule has 2 aromatic rings. The molecule has 134 valence electrons. The van der Waals surface area contributed by atoms with Gasteiger partial charge in [0.15, 0.2) is 0 Å². The van der Waals surface area contributed by atoms with Crippen LogP contribution in [0.3, 0.4) is 0 Å².